The quantitative estimate of drug-likeness (QED) is 0.583. The summed E-state index contributed by atoms with van der Waals surface area (Å²) in [6.45, 7) is 2.35. The minimum Gasteiger partial charge on any atom is -0.341 e. The van der Waals surface area contributed by atoms with Crippen molar-refractivity contribution in [3.8, 4) is 0 Å². The monoisotopic (exact) mass is 442 g/mol. The summed E-state index contributed by atoms with van der Waals surface area (Å²) in [5, 5.41) is 5.68. The van der Waals surface area contributed by atoms with Crippen molar-refractivity contribution in [1.82, 2.24) is 20.4 Å². The van der Waals surface area contributed by atoms with Crippen LogP contribution in [-0.4, -0.2) is 78.1 Å². The Labute approximate surface area is 189 Å². The van der Waals surface area contributed by atoms with E-state index in [0.29, 0.717) is 25.8 Å². The fourth-order valence-corrected chi connectivity index (χ4v) is 4.56. The third-order valence-corrected chi connectivity index (χ3v) is 6.59. The standard InChI is InChI=1S/C24H34N4O4/c1-17(25-2)23(31)26-21-15-27(22(30)10-6-9-18-7-4-3-5-8-18)14-13-19-11-12-20(16-29)28(19)24(21)32/h3-5,7-8,16-17,19-21,25H,6,9-15H2,1-2H3,(H,26,31)/t17-,19+,20-,21-/m0/s1. The average molecular weight is 443 g/mol. The molecule has 8 heteroatoms. The highest BCUT2D eigenvalue weighted by Gasteiger charge is 2.42. The van der Waals surface area contributed by atoms with E-state index in [4.69, 9.17) is 0 Å². The van der Waals surface area contributed by atoms with E-state index in [1.165, 1.54) is 5.56 Å². The summed E-state index contributed by atoms with van der Waals surface area (Å²) in [5.74, 6) is -0.586. The van der Waals surface area contributed by atoms with Crippen molar-refractivity contribution in [3.05, 3.63) is 35.9 Å². The molecule has 3 amide bonds. The van der Waals surface area contributed by atoms with Crippen LogP contribution in [0.3, 0.4) is 0 Å². The third kappa shape index (κ3) is 5.73. The van der Waals surface area contributed by atoms with Crippen LogP contribution in [0, 0.1) is 0 Å². The molecule has 0 aromatic heterocycles. The highest BCUT2D eigenvalue weighted by atomic mass is 16.2. The van der Waals surface area contributed by atoms with Crippen molar-refractivity contribution in [2.24, 2.45) is 0 Å². The van der Waals surface area contributed by atoms with Crippen LogP contribution >= 0.6 is 0 Å². The van der Waals surface area contributed by atoms with Crippen LogP contribution in [0.15, 0.2) is 30.3 Å². The normalized spacial score (nSPS) is 24.3. The van der Waals surface area contributed by atoms with Crippen molar-refractivity contribution in [2.45, 2.75) is 69.6 Å². The van der Waals surface area contributed by atoms with Crippen molar-refractivity contribution < 1.29 is 19.2 Å². The molecule has 0 bridgehead atoms. The predicted octanol–water partition coefficient (Wildman–Crippen LogP) is 0.893. The number of likely N-dealkylation sites (N-methyl/N-ethyl adjacent to an activating group) is 1. The molecular formula is C24H34N4O4. The number of aldehydes is 1. The zero-order chi connectivity index (χ0) is 23.1. The molecular weight excluding hydrogens is 408 g/mol. The molecule has 8 nitrogen and oxygen atoms in total. The summed E-state index contributed by atoms with van der Waals surface area (Å²) >= 11 is 0. The van der Waals surface area contributed by atoms with E-state index in [2.05, 4.69) is 10.6 Å². The summed E-state index contributed by atoms with van der Waals surface area (Å²) in [4.78, 5) is 53.8. The topological polar surface area (TPSA) is 98.8 Å². The van der Waals surface area contributed by atoms with Gasteiger partial charge in [0, 0.05) is 25.6 Å². The van der Waals surface area contributed by atoms with Gasteiger partial charge in [0.2, 0.25) is 17.7 Å². The minimum atomic E-state index is -0.861. The maximum absolute atomic E-state index is 13.4. The Balaban J connectivity index is 1.70. The number of fused-ring (bicyclic) bond motifs is 1. The molecule has 174 valence electrons. The van der Waals surface area contributed by atoms with Crippen molar-refractivity contribution in [3.63, 3.8) is 0 Å². The van der Waals surface area contributed by atoms with Gasteiger partial charge in [0.1, 0.15) is 12.3 Å². The molecule has 2 N–H and O–H groups in total. The van der Waals surface area contributed by atoms with Crippen LogP contribution in [0.2, 0.25) is 0 Å². The number of hydrogen-bond acceptors (Lipinski definition) is 5. The molecule has 1 aromatic carbocycles. The number of nitrogens with one attached hydrogen (secondary N) is 2. The highest BCUT2D eigenvalue weighted by Crippen LogP contribution is 2.28. The zero-order valence-corrected chi connectivity index (χ0v) is 19.0. The number of hydrogen-bond donors (Lipinski definition) is 2. The molecule has 2 aliphatic heterocycles. The molecule has 2 saturated heterocycles. The molecule has 2 aliphatic rings. The first-order valence-corrected chi connectivity index (χ1v) is 11.5. The van der Waals surface area contributed by atoms with Gasteiger partial charge in [0.05, 0.1) is 12.1 Å². The number of carbonyl (C=O) groups is 4. The van der Waals surface area contributed by atoms with Crippen molar-refractivity contribution in [1.29, 1.82) is 0 Å². The summed E-state index contributed by atoms with van der Waals surface area (Å²) < 4.78 is 0. The Morgan fingerprint density at radius 3 is 2.62 bits per heavy atom. The summed E-state index contributed by atoms with van der Waals surface area (Å²) in [6.07, 6.45) is 4.76. The number of nitrogens with zero attached hydrogens (tertiary/aromatic N) is 2. The van der Waals surface area contributed by atoms with Gasteiger partial charge < -0.3 is 25.2 Å². The van der Waals surface area contributed by atoms with Crippen LogP contribution in [0.4, 0.5) is 0 Å². The Morgan fingerprint density at radius 1 is 1.19 bits per heavy atom. The lowest BCUT2D eigenvalue weighted by molar-refractivity contribution is -0.145. The number of aryl methyl sites for hydroxylation is 1. The maximum Gasteiger partial charge on any atom is 0.247 e. The number of benzene rings is 1. The van der Waals surface area contributed by atoms with Gasteiger partial charge in [-0.05, 0) is 51.6 Å². The summed E-state index contributed by atoms with van der Waals surface area (Å²) in [5.41, 5.74) is 1.19. The Hall–Kier alpha value is -2.74. The van der Waals surface area contributed by atoms with Gasteiger partial charge in [-0.3, -0.25) is 14.4 Å². The number of carbonyl (C=O) groups excluding carboxylic acids is 4. The molecule has 0 aliphatic carbocycles. The Kier molecular flexibility index (Phi) is 8.39. The summed E-state index contributed by atoms with van der Waals surface area (Å²) in [6, 6.07) is 8.16. The molecule has 0 spiro atoms. The molecule has 0 saturated carbocycles. The molecule has 2 heterocycles. The van der Waals surface area contributed by atoms with Crippen LogP contribution in [0.5, 0.6) is 0 Å². The molecule has 32 heavy (non-hydrogen) atoms. The molecule has 2 fully saturated rings. The first-order chi connectivity index (χ1) is 15.4. The van der Waals surface area contributed by atoms with E-state index >= 15 is 0 Å². The van der Waals surface area contributed by atoms with Gasteiger partial charge >= 0.3 is 0 Å². The zero-order valence-electron chi connectivity index (χ0n) is 19.0. The van der Waals surface area contributed by atoms with Crippen LogP contribution in [0.25, 0.3) is 0 Å². The Bertz CT molecular complexity index is 815. The fourth-order valence-electron chi connectivity index (χ4n) is 4.56. The fraction of sp³-hybridized carbons (Fsp3) is 0.583. The first kappa shape index (κ1) is 23.9. The number of amides is 3. The second-order valence-corrected chi connectivity index (χ2v) is 8.72. The van der Waals surface area contributed by atoms with Gasteiger partial charge in [0.15, 0.2) is 0 Å². The smallest absolute Gasteiger partial charge is 0.247 e. The molecule has 0 unspecified atom stereocenters. The molecule has 3 rings (SSSR count). The van der Waals surface area contributed by atoms with E-state index in [-0.39, 0.29) is 30.3 Å². The van der Waals surface area contributed by atoms with E-state index in [1.54, 1.807) is 23.8 Å². The summed E-state index contributed by atoms with van der Waals surface area (Å²) in [7, 11) is 1.67. The van der Waals surface area contributed by atoms with Crippen molar-refractivity contribution in [2.75, 3.05) is 20.1 Å². The average Bonchev–Trinajstić information content (AvgIpc) is 3.21. The van der Waals surface area contributed by atoms with Gasteiger partial charge in [-0.15, -0.1) is 0 Å². The van der Waals surface area contributed by atoms with E-state index in [1.807, 2.05) is 30.3 Å². The van der Waals surface area contributed by atoms with Crippen LogP contribution in [0.1, 0.15) is 44.6 Å². The number of rotatable bonds is 8. The van der Waals surface area contributed by atoms with Gasteiger partial charge in [0.25, 0.3) is 0 Å². The van der Waals surface area contributed by atoms with Gasteiger partial charge in [-0.2, -0.15) is 0 Å². The molecule has 0 radical (unpaired) electrons. The minimum absolute atomic E-state index is 0.00645. The van der Waals surface area contributed by atoms with E-state index < -0.39 is 18.1 Å². The van der Waals surface area contributed by atoms with E-state index in [0.717, 1.165) is 25.5 Å². The molecule has 4 atom stereocenters. The lowest BCUT2D eigenvalue weighted by atomic mass is 10.0. The maximum atomic E-state index is 13.4. The lowest BCUT2D eigenvalue weighted by Crippen LogP contribution is -2.61. The SMILES string of the molecule is CN[C@@H](C)C(=O)N[C@H]1CN(C(=O)CCCc2ccccc2)CC[C@H]2CC[C@@H](C=O)N2C1=O. The van der Waals surface area contributed by atoms with Gasteiger partial charge in [-0.25, -0.2) is 0 Å². The Morgan fingerprint density at radius 2 is 1.94 bits per heavy atom. The van der Waals surface area contributed by atoms with Crippen molar-refractivity contribution >= 4 is 24.0 Å². The predicted molar refractivity (Wildman–Crippen MR) is 121 cm³/mol. The van der Waals surface area contributed by atoms with Crippen LogP contribution in [-0.2, 0) is 25.6 Å². The van der Waals surface area contributed by atoms with Crippen LogP contribution < -0.4 is 10.6 Å². The largest absolute Gasteiger partial charge is 0.341 e. The second-order valence-electron chi connectivity index (χ2n) is 8.72. The van der Waals surface area contributed by atoms with Gasteiger partial charge in [-0.1, -0.05) is 30.3 Å². The second kappa shape index (κ2) is 11.2. The first-order valence-electron chi connectivity index (χ1n) is 11.5. The lowest BCUT2D eigenvalue weighted by Gasteiger charge is -2.38. The molecule has 1 aromatic rings. The van der Waals surface area contributed by atoms with E-state index in [9.17, 15) is 19.2 Å². The third-order valence-electron chi connectivity index (χ3n) is 6.59. The highest BCUT2D eigenvalue weighted by molar-refractivity contribution is 5.92.